The molecule has 122 valence electrons. The molecule has 0 amide bonds. The summed E-state index contributed by atoms with van der Waals surface area (Å²) in [6.45, 7) is 6.00. The summed E-state index contributed by atoms with van der Waals surface area (Å²) in [6, 6.07) is 4.92. The molecular formula is C16H23FN2O3. The van der Waals surface area contributed by atoms with Crippen LogP contribution in [0.1, 0.15) is 5.56 Å². The van der Waals surface area contributed by atoms with Crippen LogP contribution in [0.15, 0.2) is 18.2 Å². The van der Waals surface area contributed by atoms with Crippen LogP contribution in [0, 0.1) is 5.82 Å². The average Bonchev–Trinajstić information content (AvgIpc) is 2.71. The van der Waals surface area contributed by atoms with E-state index in [-0.39, 0.29) is 5.82 Å². The molecule has 0 aromatic heterocycles. The topological polar surface area (TPSA) is 45.2 Å². The SMILES string of the molecule is OC(CN1CCOCC1)CN1CCOc2cccc(F)c2C1. The number of β-amino-alcohol motifs (C(OH)–C–C–N with tert-alkyl or cyclic N) is 1. The predicted molar refractivity (Wildman–Crippen MR) is 80.4 cm³/mol. The maximum Gasteiger partial charge on any atom is 0.131 e. The number of hydrogen-bond acceptors (Lipinski definition) is 5. The molecule has 0 aliphatic carbocycles. The Morgan fingerprint density at radius 3 is 2.64 bits per heavy atom. The summed E-state index contributed by atoms with van der Waals surface area (Å²) in [5.41, 5.74) is 0.582. The zero-order chi connectivity index (χ0) is 15.4. The van der Waals surface area contributed by atoms with Crippen LogP contribution in [-0.2, 0) is 11.3 Å². The number of aliphatic hydroxyl groups is 1. The summed E-state index contributed by atoms with van der Waals surface area (Å²) in [5, 5.41) is 10.3. The Balaban J connectivity index is 1.57. The minimum atomic E-state index is -0.452. The molecule has 2 aliphatic heterocycles. The molecule has 1 fully saturated rings. The van der Waals surface area contributed by atoms with Crippen LogP contribution >= 0.6 is 0 Å². The van der Waals surface area contributed by atoms with Crippen molar-refractivity contribution in [1.29, 1.82) is 0 Å². The third-order valence-electron chi connectivity index (χ3n) is 4.16. The van der Waals surface area contributed by atoms with Gasteiger partial charge in [-0.3, -0.25) is 9.80 Å². The first kappa shape index (κ1) is 15.7. The van der Waals surface area contributed by atoms with Gasteiger partial charge in [0.1, 0.15) is 18.2 Å². The Hall–Kier alpha value is -1.21. The van der Waals surface area contributed by atoms with Gasteiger partial charge in [0, 0.05) is 44.8 Å². The molecule has 5 nitrogen and oxygen atoms in total. The molecule has 1 aromatic rings. The zero-order valence-corrected chi connectivity index (χ0v) is 12.7. The molecule has 0 spiro atoms. The lowest BCUT2D eigenvalue weighted by atomic mass is 10.1. The largest absolute Gasteiger partial charge is 0.492 e. The highest BCUT2D eigenvalue weighted by Crippen LogP contribution is 2.25. The van der Waals surface area contributed by atoms with Gasteiger partial charge >= 0.3 is 0 Å². The zero-order valence-electron chi connectivity index (χ0n) is 12.7. The molecule has 1 atom stereocenters. The quantitative estimate of drug-likeness (QED) is 0.887. The van der Waals surface area contributed by atoms with E-state index in [2.05, 4.69) is 9.80 Å². The summed E-state index contributed by atoms with van der Waals surface area (Å²) in [6.07, 6.45) is -0.452. The monoisotopic (exact) mass is 310 g/mol. The van der Waals surface area contributed by atoms with E-state index < -0.39 is 6.10 Å². The summed E-state index contributed by atoms with van der Waals surface area (Å²) in [7, 11) is 0. The fourth-order valence-electron chi connectivity index (χ4n) is 3.01. The van der Waals surface area contributed by atoms with Crippen LogP contribution < -0.4 is 4.74 Å². The highest BCUT2D eigenvalue weighted by atomic mass is 19.1. The fourth-order valence-corrected chi connectivity index (χ4v) is 3.01. The van der Waals surface area contributed by atoms with Gasteiger partial charge in [-0.15, -0.1) is 0 Å². The first-order chi connectivity index (χ1) is 10.7. The van der Waals surface area contributed by atoms with Crippen molar-refractivity contribution >= 4 is 0 Å². The van der Waals surface area contributed by atoms with Gasteiger partial charge in [0.25, 0.3) is 0 Å². The van der Waals surface area contributed by atoms with E-state index in [1.54, 1.807) is 12.1 Å². The van der Waals surface area contributed by atoms with Crippen molar-refractivity contribution in [3.63, 3.8) is 0 Å². The number of ether oxygens (including phenoxy) is 2. The second-order valence-electron chi connectivity index (χ2n) is 5.87. The smallest absolute Gasteiger partial charge is 0.131 e. The highest BCUT2D eigenvalue weighted by molar-refractivity contribution is 5.35. The van der Waals surface area contributed by atoms with Crippen molar-refractivity contribution in [1.82, 2.24) is 9.80 Å². The molecule has 0 bridgehead atoms. The van der Waals surface area contributed by atoms with Gasteiger partial charge in [-0.2, -0.15) is 0 Å². The van der Waals surface area contributed by atoms with E-state index in [0.717, 1.165) is 26.3 Å². The second-order valence-corrected chi connectivity index (χ2v) is 5.87. The van der Waals surface area contributed by atoms with E-state index >= 15 is 0 Å². The molecule has 22 heavy (non-hydrogen) atoms. The number of nitrogens with zero attached hydrogens (tertiary/aromatic N) is 2. The molecule has 0 saturated carbocycles. The first-order valence-electron chi connectivity index (χ1n) is 7.83. The maximum atomic E-state index is 13.9. The normalized spacial score (nSPS) is 21.7. The van der Waals surface area contributed by atoms with Gasteiger partial charge in [-0.25, -0.2) is 4.39 Å². The number of hydrogen-bond donors (Lipinski definition) is 1. The number of benzene rings is 1. The van der Waals surface area contributed by atoms with Gasteiger partial charge in [-0.1, -0.05) is 6.07 Å². The lowest BCUT2D eigenvalue weighted by Crippen LogP contribution is -2.44. The number of halogens is 1. The first-order valence-corrected chi connectivity index (χ1v) is 7.83. The summed E-state index contributed by atoms with van der Waals surface area (Å²) in [5.74, 6) is 0.372. The predicted octanol–water partition coefficient (Wildman–Crippen LogP) is 0.713. The van der Waals surface area contributed by atoms with Crippen LogP contribution in [0.3, 0.4) is 0 Å². The van der Waals surface area contributed by atoms with Crippen molar-refractivity contribution in [2.45, 2.75) is 12.6 Å². The van der Waals surface area contributed by atoms with Crippen LogP contribution in [0.4, 0.5) is 4.39 Å². The molecule has 0 radical (unpaired) electrons. The Morgan fingerprint density at radius 1 is 1.09 bits per heavy atom. The molecule has 1 aromatic carbocycles. The lowest BCUT2D eigenvalue weighted by Gasteiger charge is -2.30. The van der Waals surface area contributed by atoms with Crippen molar-refractivity contribution in [2.75, 3.05) is 52.5 Å². The summed E-state index contributed by atoms with van der Waals surface area (Å²) in [4.78, 5) is 4.26. The van der Waals surface area contributed by atoms with Gasteiger partial charge in [0.05, 0.1) is 19.3 Å². The molecule has 1 unspecified atom stereocenters. The Bertz CT molecular complexity index is 494. The standard InChI is InChI=1S/C16H23FN2O3/c17-15-2-1-3-16-14(15)12-19(6-9-22-16)11-13(20)10-18-4-7-21-8-5-18/h1-3,13,20H,4-12H2. The Morgan fingerprint density at radius 2 is 1.82 bits per heavy atom. The van der Waals surface area contributed by atoms with Crippen LogP contribution in [0.5, 0.6) is 5.75 Å². The van der Waals surface area contributed by atoms with Gasteiger partial charge in [0.15, 0.2) is 0 Å². The van der Waals surface area contributed by atoms with Gasteiger partial charge in [0.2, 0.25) is 0 Å². The Labute approximate surface area is 130 Å². The molecule has 6 heteroatoms. The maximum absolute atomic E-state index is 13.9. The van der Waals surface area contributed by atoms with E-state index in [9.17, 15) is 9.50 Å². The fraction of sp³-hybridized carbons (Fsp3) is 0.625. The van der Waals surface area contributed by atoms with Crippen LogP contribution in [0.2, 0.25) is 0 Å². The summed E-state index contributed by atoms with van der Waals surface area (Å²) >= 11 is 0. The number of rotatable bonds is 4. The molecule has 1 N–H and O–H groups in total. The van der Waals surface area contributed by atoms with Gasteiger partial charge < -0.3 is 14.6 Å². The minimum Gasteiger partial charge on any atom is -0.492 e. The van der Waals surface area contributed by atoms with Crippen molar-refractivity contribution in [2.24, 2.45) is 0 Å². The second kappa shape index (κ2) is 7.37. The molecule has 2 heterocycles. The third kappa shape index (κ3) is 3.95. The highest BCUT2D eigenvalue weighted by Gasteiger charge is 2.22. The van der Waals surface area contributed by atoms with Gasteiger partial charge in [-0.05, 0) is 12.1 Å². The van der Waals surface area contributed by atoms with Crippen molar-refractivity contribution < 1.29 is 19.0 Å². The van der Waals surface area contributed by atoms with Crippen LogP contribution in [0.25, 0.3) is 0 Å². The molecular weight excluding hydrogens is 287 g/mol. The Kier molecular flexibility index (Phi) is 5.25. The minimum absolute atomic E-state index is 0.243. The van der Waals surface area contributed by atoms with E-state index in [0.29, 0.717) is 44.1 Å². The average molecular weight is 310 g/mol. The van der Waals surface area contributed by atoms with Crippen molar-refractivity contribution in [3.05, 3.63) is 29.6 Å². The van der Waals surface area contributed by atoms with E-state index in [4.69, 9.17) is 9.47 Å². The van der Waals surface area contributed by atoms with E-state index in [1.807, 2.05) is 0 Å². The summed E-state index contributed by atoms with van der Waals surface area (Å²) < 4.78 is 24.9. The van der Waals surface area contributed by atoms with E-state index in [1.165, 1.54) is 6.07 Å². The number of morpholine rings is 1. The van der Waals surface area contributed by atoms with Crippen molar-refractivity contribution in [3.8, 4) is 5.75 Å². The van der Waals surface area contributed by atoms with Crippen LogP contribution in [-0.4, -0.2) is 73.6 Å². The molecule has 1 saturated heterocycles. The third-order valence-corrected chi connectivity index (χ3v) is 4.16. The molecule has 3 rings (SSSR count). The number of fused-ring (bicyclic) bond motifs is 1. The number of aliphatic hydroxyl groups excluding tert-OH is 1. The molecule has 2 aliphatic rings. The lowest BCUT2D eigenvalue weighted by molar-refractivity contribution is 0.00596.